The first-order valence-corrected chi connectivity index (χ1v) is 6.39. The maximum atomic E-state index is 11.5. The lowest BCUT2D eigenvalue weighted by Crippen LogP contribution is -2.19. The summed E-state index contributed by atoms with van der Waals surface area (Å²) < 4.78 is 0. The second kappa shape index (κ2) is 6.48. The van der Waals surface area contributed by atoms with Crippen molar-refractivity contribution in [2.24, 2.45) is 0 Å². The molecule has 0 aliphatic carbocycles. The van der Waals surface area contributed by atoms with Crippen LogP contribution in [0.5, 0.6) is 0 Å². The van der Waals surface area contributed by atoms with E-state index in [1.54, 1.807) is 18.3 Å². The third-order valence-electron chi connectivity index (χ3n) is 2.94. The minimum atomic E-state index is 0.00180. The minimum Gasteiger partial charge on any atom is -0.325 e. The lowest BCUT2D eigenvalue weighted by Gasteiger charge is -2.23. The fraction of sp³-hybridized carbons (Fsp3) is 0.188. The summed E-state index contributed by atoms with van der Waals surface area (Å²) in [5.74, 6) is 0.682. The maximum absolute atomic E-state index is 11.5. The van der Waals surface area contributed by atoms with Crippen molar-refractivity contribution in [3.63, 3.8) is 0 Å². The lowest BCUT2D eigenvalue weighted by molar-refractivity contribution is 0.101. The fourth-order valence-electron chi connectivity index (χ4n) is 1.93. The Labute approximate surface area is 118 Å². The van der Waals surface area contributed by atoms with Gasteiger partial charge in [-0.1, -0.05) is 18.2 Å². The van der Waals surface area contributed by atoms with Crippen LogP contribution in [0.2, 0.25) is 0 Å². The molecule has 1 heterocycles. The Bertz CT molecular complexity index is 632. The van der Waals surface area contributed by atoms with Crippen molar-refractivity contribution in [1.29, 1.82) is 5.26 Å². The van der Waals surface area contributed by atoms with E-state index >= 15 is 0 Å². The first-order chi connectivity index (χ1) is 9.72. The van der Waals surface area contributed by atoms with Crippen LogP contribution in [0.15, 0.2) is 48.7 Å². The number of hydrogen-bond donors (Lipinski definition) is 0. The van der Waals surface area contributed by atoms with Crippen LogP contribution in [0.4, 0.5) is 11.5 Å². The number of carbonyl (C=O) groups is 1. The molecular formula is C16H15N3O. The molecule has 4 heteroatoms. The molecule has 0 radical (unpaired) electrons. The monoisotopic (exact) mass is 265 g/mol. The quantitative estimate of drug-likeness (QED) is 0.778. The van der Waals surface area contributed by atoms with Crippen LogP contribution in [-0.4, -0.2) is 17.3 Å². The molecular weight excluding hydrogens is 250 g/mol. The fourth-order valence-corrected chi connectivity index (χ4v) is 1.93. The van der Waals surface area contributed by atoms with Crippen molar-refractivity contribution in [1.82, 2.24) is 4.98 Å². The van der Waals surface area contributed by atoms with Crippen molar-refractivity contribution in [3.8, 4) is 6.07 Å². The van der Waals surface area contributed by atoms with Gasteiger partial charge in [-0.3, -0.25) is 4.79 Å². The number of ketones is 1. The zero-order chi connectivity index (χ0) is 14.4. The van der Waals surface area contributed by atoms with E-state index in [-0.39, 0.29) is 5.78 Å². The highest BCUT2D eigenvalue weighted by molar-refractivity contribution is 5.94. The third kappa shape index (κ3) is 3.21. The Morgan fingerprint density at radius 3 is 2.70 bits per heavy atom. The van der Waals surface area contributed by atoms with Gasteiger partial charge in [-0.15, -0.1) is 0 Å². The van der Waals surface area contributed by atoms with Crippen molar-refractivity contribution < 1.29 is 4.79 Å². The van der Waals surface area contributed by atoms with E-state index in [1.165, 1.54) is 6.92 Å². The van der Waals surface area contributed by atoms with Gasteiger partial charge in [-0.25, -0.2) is 4.98 Å². The SMILES string of the molecule is CC(=O)c1ccnc(N(CCC#N)c2ccccc2)c1. The van der Waals surface area contributed by atoms with Crippen molar-refractivity contribution in [2.75, 3.05) is 11.4 Å². The average Bonchev–Trinajstić information content (AvgIpc) is 2.49. The zero-order valence-corrected chi connectivity index (χ0v) is 11.3. The number of para-hydroxylation sites is 1. The molecule has 0 spiro atoms. The smallest absolute Gasteiger partial charge is 0.159 e. The molecule has 0 N–H and O–H groups in total. The maximum Gasteiger partial charge on any atom is 0.159 e. The summed E-state index contributed by atoms with van der Waals surface area (Å²) in [4.78, 5) is 17.7. The van der Waals surface area contributed by atoms with Gasteiger partial charge in [0.1, 0.15) is 5.82 Å². The highest BCUT2D eigenvalue weighted by atomic mass is 16.1. The van der Waals surface area contributed by atoms with Crippen LogP contribution in [0.25, 0.3) is 0 Å². The Hall–Kier alpha value is -2.67. The number of carbonyl (C=O) groups excluding carboxylic acids is 1. The second-order valence-electron chi connectivity index (χ2n) is 4.35. The van der Waals surface area contributed by atoms with Crippen LogP contribution in [0.1, 0.15) is 23.7 Å². The number of pyridine rings is 1. The number of Topliss-reactive ketones (excluding diaryl/α,β-unsaturated/α-hetero) is 1. The summed E-state index contributed by atoms with van der Waals surface area (Å²) in [6.07, 6.45) is 2.01. The molecule has 1 aromatic carbocycles. The highest BCUT2D eigenvalue weighted by Gasteiger charge is 2.11. The summed E-state index contributed by atoms with van der Waals surface area (Å²) >= 11 is 0. The van der Waals surface area contributed by atoms with E-state index in [0.717, 1.165) is 5.69 Å². The standard InChI is InChI=1S/C16H15N3O/c1-13(20)14-8-10-18-16(12-14)19(11-5-9-17)15-6-3-2-4-7-15/h2-4,6-8,10,12H,5,11H2,1H3. The van der Waals surface area contributed by atoms with Gasteiger partial charge in [-0.2, -0.15) is 5.26 Å². The third-order valence-corrected chi connectivity index (χ3v) is 2.94. The minimum absolute atomic E-state index is 0.00180. The number of benzene rings is 1. The first kappa shape index (κ1) is 13.8. The molecule has 100 valence electrons. The van der Waals surface area contributed by atoms with Crippen LogP contribution < -0.4 is 4.90 Å². The molecule has 2 rings (SSSR count). The van der Waals surface area contributed by atoms with E-state index < -0.39 is 0 Å². The first-order valence-electron chi connectivity index (χ1n) is 6.39. The Balaban J connectivity index is 2.39. The van der Waals surface area contributed by atoms with E-state index in [9.17, 15) is 4.79 Å². The lowest BCUT2D eigenvalue weighted by atomic mass is 10.2. The molecule has 0 amide bonds. The van der Waals surface area contributed by atoms with Crippen molar-refractivity contribution in [3.05, 3.63) is 54.2 Å². The molecule has 0 fully saturated rings. The number of rotatable bonds is 5. The van der Waals surface area contributed by atoms with Gasteiger partial charge in [0.15, 0.2) is 5.78 Å². The molecule has 0 unspecified atom stereocenters. The van der Waals surface area contributed by atoms with E-state index in [2.05, 4.69) is 11.1 Å². The second-order valence-corrected chi connectivity index (χ2v) is 4.35. The van der Waals surface area contributed by atoms with Gasteiger partial charge in [0.2, 0.25) is 0 Å². The number of anilines is 2. The molecule has 0 bridgehead atoms. The molecule has 0 aliphatic rings. The predicted octanol–water partition coefficient (Wildman–Crippen LogP) is 3.34. The summed E-state index contributed by atoms with van der Waals surface area (Å²) in [5, 5.41) is 8.80. The summed E-state index contributed by atoms with van der Waals surface area (Å²) in [6.45, 7) is 2.07. The number of nitriles is 1. The predicted molar refractivity (Wildman–Crippen MR) is 77.9 cm³/mol. The molecule has 1 aromatic heterocycles. The average molecular weight is 265 g/mol. The highest BCUT2D eigenvalue weighted by Crippen LogP contribution is 2.24. The Kier molecular flexibility index (Phi) is 4.46. The number of hydrogen-bond acceptors (Lipinski definition) is 4. The van der Waals surface area contributed by atoms with Gasteiger partial charge in [0, 0.05) is 24.0 Å². The van der Waals surface area contributed by atoms with Crippen molar-refractivity contribution in [2.45, 2.75) is 13.3 Å². The van der Waals surface area contributed by atoms with Gasteiger partial charge in [0.25, 0.3) is 0 Å². The molecule has 0 saturated carbocycles. The van der Waals surface area contributed by atoms with Crippen LogP contribution >= 0.6 is 0 Å². The topological polar surface area (TPSA) is 57.0 Å². The Morgan fingerprint density at radius 2 is 2.05 bits per heavy atom. The van der Waals surface area contributed by atoms with Gasteiger partial charge in [-0.05, 0) is 31.2 Å². The zero-order valence-electron chi connectivity index (χ0n) is 11.3. The molecule has 0 saturated heterocycles. The van der Waals surface area contributed by atoms with E-state index in [0.29, 0.717) is 24.3 Å². The van der Waals surface area contributed by atoms with Gasteiger partial charge in [0.05, 0.1) is 12.5 Å². The van der Waals surface area contributed by atoms with Gasteiger partial charge < -0.3 is 4.90 Å². The normalized spacial score (nSPS) is 9.80. The summed E-state index contributed by atoms with van der Waals surface area (Å²) in [5.41, 5.74) is 1.57. The summed E-state index contributed by atoms with van der Waals surface area (Å²) in [7, 11) is 0. The molecule has 4 nitrogen and oxygen atoms in total. The number of nitrogens with zero attached hydrogens (tertiary/aromatic N) is 3. The van der Waals surface area contributed by atoms with Crippen LogP contribution in [-0.2, 0) is 0 Å². The summed E-state index contributed by atoms with van der Waals surface area (Å²) in [6, 6.07) is 15.3. The van der Waals surface area contributed by atoms with Crippen LogP contribution in [0.3, 0.4) is 0 Å². The molecule has 0 atom stereocenters. The van der Waals surface area contributed by atoms with E-state index in [1.807, 2.05) is 35.2 Å². The Morgan fingerprint density at radius 1 is 1.30 bits per heavy atom. The molecule has 2 aromatic rings. The number of aromatic nitrogens is 1. The molecule has 0 aliphatic heterocycles. The van der Waals surface area contributed by atoms with E-state index in [4.69, 9.17) is 5.26 Å². The largest absolute Gasteiger partial charge is 0.325 e. The van der Waals surface area contributed by atoms with Crippen LogP contribution in [0, 0.1) is 11.3 Å². The van der Waals surface area contributed by atoms with Crippen molar-refractivity contribution >= 4 is 17.3 Å². The van der Waals surface area contributed by atoms with Gasteiger partial charge >= 0.3 is 0 Å². The molecule has 20 heavy (non-hydrogen) atoms.